The van der Waals surface area contributed by atoms with E-state index in [4.69, 9.17) is 9.47 Å². The number of fused-ring (bicyclic) bond motifs is 1. The predicted molar refractivity (Wildman–Crippen MR) is 104 cm³/mol. The summed E-state index contributed by atoms with van der Waals surface area (Å²) in [6.45, 7) is 11.3. The molecule has 3 heterocycles. The molecule has 0 aromatic rings. The second-order valence-electron chi connectivity index (χ2n) is 9.93. The van der Waals surface area contributed by atoms with Gasteiger partial charge in [-0.25, -0.2) is 9.59 Å². The summed E-state index contributed by atoms with van der Waals surface area (Å²) >= 11 is 0. The van der Waals surface area contributed by atoms with Gasteiger partial charge >= 0.3 is 12.1 Å². The molecule has 0 saturated carbocycles. The molecule has 3 aliphatic rings. The third-order valence-corrected chi connectivity index (χ3v) is 5.34. The molecule has 0 N–H and O–H groups in total. The highest BCUT2D eigenvalue weighted by molar-refractivity contribution is 5.97. The molecular formula is C21H32N2O5. The van der Waals surface area contributed by atoms with Gasteiger partial charge < -0.3 is 14.4 Å². The van der Waals surface area contributed by atoms with Gasteiger partial charge in [0.1, 0.15) is 22.8 Å². The van der Waals surface area contributed by atoms with Crippen LogP contribution in [0.15, 0.2) is 12.2 Å². The van der Waals surface area contributed by atoms with Gasteiger partial charge in [0.2, 0.25) is 0 Å². The molecule has 2 amide bonds. The van der Waals surface area contributed by atoms with Crippen molar-refractivity contribution in [2.45, 2.75) is 96.1 Å². The maximum Gasteiger partial charge on any atom is 0.411 e. The van der Waals surface area contributed by atoms with E-state index in [9.17, 15) is 14.4 Å². The zero-order chi connectivity index (χ0) is 20.9. The fourth-order valence-electron chi connectivity index (χ4n) is 4.29. The molecule has 3 rings (SSSR count). The number of esters is 1. The lowest BCUT2D eigenvalue weighted by atomic mass is 9.89. The van der Waals surface area contributed by atoms with Gasteiger partial charge in [-0.3, -0.25) is 9.69 Å². The van der Waals surface area contributed by atoms with E-state index >= 15 is 0 Å². The molecule has 156 valence electrons. The van der Waals surface area contributed by atoms with Crippen molar-refractivity contribution in [1.82, 2.24) is 9.80 Å². The van der Waals surface area contributed by atoms with Crippen LogP contribution in [-0.4, -0.2) is 63.1 Å². The highest BCUT2D eigenvalue weighted by Crippen LogP contribution is 2.41. The number of hydrogen-bond donors (Lipinski definition) is 0. The Balaban J connectivity index is 1.87. The Morgan fingerprint density at radius 2 is 1.71 bits per heavy atom. The average molecular weight is 392 g/mol. The Kier molecular flexibility index (Phi) is 5.01. The standard InChI is InChI=1S/C21H32N2O5/c1-19(2,3)27-16(24)15-9-8-14-10-12-21(17(25)23(14)15)11-7-13-22(21)18(26)28-20(4,5)6/h10,12,14-15H,7-9,11,13H2,1-6H3. The van der Waals surface area contributed by atoms with E-state index in [1.807, 2.05) is 32.9 Å². The van der Waals surface area contributed by atoms with E-state index in [1.165, 1.54) is 4.90 Å². The molecule has 3 aliphatic heterocycles. The minimum absolute atomic E-state index is 0.128. The molecule has 0 aromatic heterocycles. The van der Waals surface area contributed by atoms with Gasteiger partial charge in [-0.05, 0) is 67.2 Å². The molecule has 2 saturated heterocycles. The first-order valence-corrected chi connectivity index (χ1v) is 10.1. The summed E-state index contributed by atoms with van der Waals surface area (Å²) in [7, 11) is 0. The Labute approximate surface area is 167 Å². The van der Waals surface area contributed by atoms with Crippen molar-refractivity contribution in [2.75, 3.05) is 6.54 Å². The van der Waals surface area contributed by atoms with Crippen LogP contribution in [0.2, 0.25) is 0 Å². The molecule has 7 nitrogen and oxygen atoms in total. The predicted octanol–water partition coefficient (Wildman–Crippen LogP) is 3.03. The lowest BCUT2D eigenvalue weighted by Crippen LogP contribution is -2.63. The second kappa shape index (κ2) is 6.78. The first-order valence-electron chi connectivity index (χ1n) is 10.1. The van der Waals surface area contributed by atoms with Gasteiger partial charge in [0.25, 0.3) is 5.91 Å². The fourth-order valence-corrected chi connectivity index (χ4v) is 4.29. The van der Waals surface area contributed by atoms with Crippen LogP contribution in [0.25, 0.3) is 0 Å². The molecular weight excluding hydrogens is 360 g/mol. The Hall–Kier alpha value is -2.05. The molecule has 0 radical (unpaired) electrons. The third-order valence-electron chi connectivity index (χ3n) is 5.34. The van der Waals surface area contributed by atoms with Gasteiger partial charge in [-0.2, -0.15) is 0 Å². The minimum atomic E-state index is -1.07. The van der Waals surface area contributed by atoms with Crippen LogP contribution in [0.1, 0.15) is 67.2 Å². The minimum Gasteiger partial charge on any atom is -0.458 e. The number of likely N-dealkylation sites (tertiary alicyclic amines) is 1. The first-order chi connectivity index (χ1) is 12.8. The Morgan fingerprint density at radius 3 is 2.32 bits per heavy atom. The maximum atomic E-state index is 13.6. The van der Waals surface area contributed by atoms with Crippen molar-refractivity contribution in [2.24, 2.45) is 0 Å². The van der Waals surface area contributed by atoms with Crippen molar-refractivity contribution in [3.63, 3.8) is 0 Å². The summed E-state index contributed by atoms with van der Waals surface area (Å²) in [4.78, 5) is 42.3. The third kappa shape index (κ3) is 3.76. The Morgan fingerprint density at radius 1 is 1.07 bits per heavy atom. The lowest BCUT2D eigenvalue weighted by Gasteiger charge is -2.43. The van der Waals surface area contributed by atoms with E-state index in [1.54, 1.807) is 25.7 Å². The van der Waals surface area contributed by atoms with Gasteiger partial charge in [0.15, 0.2) is 0 Å². The molecule has 0 bridgehead atoms. The van der Waals surface area contributed by atoms with Crippen LogP contribution in [0.3, 0.4) is 0 Å². The lowest BCUT2D eigenvalue weighted by molar-refractivity contribution is -0.165. The van der Waals surface area contributed by atoms with Gasteiger partial charge in [-0.15, -0.1) is 0 Å². The van der Waals surface area contributed by atoms with Crippen molar-refractivity contribution < 1.29 is 23.9 Å². The topological polar surface area (TPSA) is 76.1 Å². The van der Waals surface area contributed by atoms with Crippen molar-refractivity contribution >= 4 is 18.0 Å². The summed E-state index contributed by atoms with van der Waals surface area (Å²) in [6, 6.07) is -0.739. The van der Waals surface area contributed by atoms with E-state index in [0.717, 1.165) is 0 Å². The molecule has 0 aliphatic carbocycles. The monoisotopic (exact) mass is 392 g/mol. The maximum absolute atomic E-state index is 13.6. The fraction of sp³-hybridized carbons (Fsp3) is 0.762. The SMILES string of the molecule is CC(C)(C)OC(=O)C1CCC2C=CC3(CCCN3C(=O)OC(C)(C)C)C(=O)N21. The summed E-state index contributed by atoms with van der Waals surface area (Å²) in [6.07, 6.45) is 5.86. The largest absolute Gasteiger partial charge is 0.458 e. The van der Waals surface area contributed by atoms with Gasteiger partial charge in [0, 0.05) is 6.54 Å². The van der Waals surface area contributed by atoms with Crippen LogP contribution >= 0.6 is 0 Å². The summed E-state index contributed by atoms with van der Waals surface area (Å²) in [5.41, 5.74) is -2.32. The van der Waals surface area contributed by atoms with Crippen LogP contribution < -0.4 is 0 Å². The quantitative estimate of drug-likeness (QED) is 0.506. The molecule has 7 heteroatoms. The first kappa shape index (κ1) is 20.7. The summed E-state index contributed by atoms with van der Waals surface area (Å²) < 4.78 is 11.1. The molecule has 3 atom stereocenters. The molecule has 2 fully saturated rings. The van der Waals surface area contributed by atoms with E-state index in [0.29, 0.717) is 32.2 Å². The van der Waals surface area contributed by atoms with Crippen molar-refractivity contribution in [3.8, 4) is 0 Å². The van der Waals surface area contributed by atoms with Crippen molar-refractivity contribution in [1.29, 1.82) is 0 Å². The number of carbonyl (C=O) groups excluding carboxylic acids is 3. The Bertz CT molecular complexity index is 703. The highest BCUT2D eigenvalue weighted by atomic mass is 16.6. The van der Waals surface area contributed by atoms with Crippen LogP contribution in [0, 0.1) is 0 Å². The zero-order valence-corrected chi connectivity index (χ0v) is 17.8. The number of ether oxygens (including phenoxy) is 2. The van der Waals surface area contributed by atoms with Crippen LogP contribution in [-0.2, 0) is 19.1 Å². The smallest absolute Gasteiger partial charge is 0.411 e. The number of amides is 2. The number of carbonyl (C=O) groups is 3. The summed E-state index contributed by atoms with van der Waals surface area (Å²) in [5, 5.41) is 0. The molecule has 3 unspecified atom stereocenters. The number of nitrogens with zero attached hydrogens (tertiary/aromatic N) is 2. The average Bonchev–Trinajstić information content (AvgIpc) is 3.13. The molecule has 28 heavy (non-hydrogen) atoms. The number of rotatable bonds is 1. The number of hydrogen-bond acceptors (Lipinski definition) is 5. The molecule has 0 aromatic carbocycles. The zero-order valence-electron chi connectivity index (χ0n) is 17.8. The molecule has 1 spiro atoms. The van der Waals surface area contributed by atoms with Gasteiger partial charge in [-0.1, -0.05) is 12.2 Å². The van der Waals surface area contributed by atoms with E-state index < -0.39 is 28.9 Å². The summed E-state index contributed by atoms with van der Waals surface area (Å²) in [5.74, 6) is -0.577. The van der Waals surface area contributed by atoms with E-state index in [2.05, 4.69) is 0 Å². The highest BCUT2D eigenvalue weighted by Gasteiger charge is 2.57. The van der Waals surface area contributed by atoms with Crippen LogP contribution in [0.5, 0.6) is 0 Å². The van der Waals surface area contributed by atoms with Crippen LogP contribution in [0.4, 0.5) is 4.79 Å². The van der Waals surface area contributed by atoms with Crippen molar-refractivity contribution in [3.05, 3.63) is 12.2 Å². The van der Waals surface area contributed by atoms with Gasteiger partial charge in [0.05, 0.1) is 6.04 Å². The van der Waals surface area contributed by atoms with E-state index in [-0.39, 0.29) is 17.9 Å². The normalized spacial score (nSPS) is 30.0. The second-order valence-corrected chi connectivity index (χ2v) is 9.93.